The Labute approximate surface area is 94.9 Å². The average Bonchev–Trinajstić information content (AvgIpc) is 2.28. The van der Waals surface area contributed by atoms with Gasteiger partial charge in [-0.05, 0) is 29.5 Å². The SMILES string of the molecule is CC(CN)c1cccc2c(Cl)cccc12. The minimum atomic E-state index is 0.368. The summed E-state index contributed by atoms with van der Waals surface area (Å²) >= 11 is 6.15. The van der Waals surface area contributed by atoms with Gasteiger partial charge in [0.05, 0.1) is 0 Å². The maximum absolute atomic E-state index is 6.15. The number of rotatable bonds is 2. The van der Waals surface area contributed by atoms with Gasteiger partial charge < -0.3 is 5.73 Å². The van der Waals surface area contributed by atoms with E-state index in [2.05, 4.69) is 19.1 Å². The van der Waals surface area contributed by atoms with Crippen molar-refractivity contribution in [3.05, 3.63) is 47.0 Å². The highest BCUT2D eigenvalue weighted by Gasteiger charge is 2.08. The molecule has 0 aliphatic rings. The third-order valence-electron chi connectivity index (χ3n) is 2.79. The normalized spacial score (nSPS) is 13.0. The quantitative estimate of drug-likeness (QED) is 0.821. The second kappa shape index (κ2) is 4.21. The van der Waals surface area contributed by atoms with E-state index in [-0.39, 0.29) is 0 Å². The molecule has 2 rings (SSSR count). The van der Waals surface area contributed by atoms with Crippen LogP contribution in [0.3, 0.4) is 0 Å². The van der Waals surface area contributed by atoms with Crippen LogP contribution in [0.5, 0.6) is 0 Å². The molecule has 0 aliphatic heterocycles. The van der Waals surface area contributed by atoms with E-state index in [1.54, 1.807) is 0 Å². The molecule has 0 bridgehead atoms. The lowest BCUT2D eigenvalue weighted by Crippen LogP contribution is -2.09. The van der Waals surface area contributed by atoms with Gasteiger partial charge in [0.2, 0.25) is 0 Å². The second-order valence-electron chi connectivity index (χ2n) is 3.82. The Morgan fingerprint density at radius 3 is 2.53 bits per heavy atom. The molecule has 2 N–H and O–H groups in total. The smallest absolute Gasteiger partial charge is 0.0484 e. The van der Waals surface area contributed by atoms with Crippen LogP contribution in [0.1, 0.15) is 18.4 Å². The van der Waals surface area contributed by atoms with Gasteiger partial charge in [-0.3, -0.25) is 0 Å². The van der Waals surface area contributed by atoms with Crippen LogP contribution in [0, 0.1) is 0 Å². The van der Waals surface area contributed by atoms with Gasteiger partial charge in [-0.25, -0.2) is 0 Å². The van der Waals surface area contributed by atoms with E-state index >= 15 is 0 Å². The molecule has 15 heavy (non-hydrogen) atoms. The number of halogens is 1. The molecule has 0 saturated carbocycles. The van der Waals surface area contributed by atoms with Crippen LogP contribution < -0.4 is 5.73 Å². The molecule has 0 heterocycles. The molecule has 1 atom stereocenters. The predicted molar refractivity (Wildman–Crippen MR) is 66.4 cm³/mol. The maximum atomic E-state index is 6.15. The average molecular weight is 220 g/mol. The van der Waals surface area contributed by atoms with Crippen LogP contribution >= 0.6 is 11.6 Å². The predicted octanol–water partition coefficient (Wildman–Crippen LogP) is 3.56. The molecule has 0 amide bonds. The summed E-state index contributed by atoms with van der Waals surface area (Å²) in [7, 11) is 0. The van der Waals surface area contributed by atoms with Gasteiger partial charge in [-0.15, -0.1) is 0 Å². The Kier molecular flexibility index (Phi) is 2.94. The topological polar surface area (TPSA) is 26.0 Å². The van der Waals surface area contributed by atoms with Crippen molar-refractivity contribution in [2.24, 2.45) is 5.73 Å². The Morgan fingerprint density at radius 1 is 1.13 bits per heavy atom. The second-order valence-corrected chi connectivity index (χ2v) is 4.23. The highest BCUT2D eigenvalue weighted by Crippen LogP contribution is 2.29. The van der Waals surface area contributed by atoms with E-state index in [1.165, 1.54) is 10.9 Å². The molecule has 2 aromatic rings. The van der Waals surface area contributed by atoms with Gasteiger partial charge in [-0.1, -0.05) is 48.9 Å². The van der Waals surface area contributed by atoms with Crippen LogP contribution in [-0.2, 0) is 0 Å². The number of hydrogen-bond donors (Lipinski definition) is 1. The number of fused-ring (bicyclic) bond motifs is 1. The van der Waals surface area contributed by atoms with Crippen LogP contribution in [0.4, 0.5) is 0 Å². The van der Waals surface area contributed by atoms with Gasteiger partial charge in [0.25, 0.3) is 0 Å². The standard InChI is InChI=1S/C13H14ClN/c1-9(8-15)10-4-2-6-12-11(10)5-3-7-13(12)14/h2-7,9H,8,15H2,1H3. The first kappa shape index (κ1) is 10.5. The van der Waals surface area contributed by atoms with Crippen LogP contribution in [0.15, 0.2) is 36.4 Å². The number of hydrogen-bond acceptors (Lipinski definition) is 1. The molecule has 2 heteroatoms. The minimum Gasteiger partial charge on any atom is -0.330 e. The van der Waals surface area contributed by atoms with E-state index in [1.807, 2.05) is 24.3 Å². The number of nitrogens with two attached hydrogens (primary N) is 1. The van der Waals surface area contributed by atoms with Crippen molar-refractivity contribution in [3.8, 4) is 0 Å². The van der Waals surface area contributed by atoms with Crippen molar-refractivity contribution in [2.75, 3.05) is 6.54 Å². The summed E-state index contributed by atoms with van der Waals surface area (Å²) < 4.78 is 0. The van der Waals surface area contributed by atoms with E-state index in [4.69, 9.17) is 17.3 Å². The van der Waals surface area contributed by atoms with E-state index in [9.17, 15) is 0 Å². The summed E-state index contributed by atoms with van der Waals surface area (Å²) in [4.78, 5) is 0. The van der Waals surface area contributed by atoms with Crippen LogP contribution in [-0.4, -0.2) is 6.54 Å². The zero-order chi connectivity index (χ0) is 10.8. The monoisotopic (exact) mass is 219 g/mol. The molecule has 0 fully saturated rings. The first-order valence-corrected chi connectivity index (χ1v) is 5.49. The molecular weight excluding hydrogens is 206 g/mol. The summed E-state index contributed by atoms with van der Waals surface area (Å²) in [6.07, 6.45) is 0. The minimum absolute atomic E-state index is 0.368. The van der Waals surface area contributed by atoms with Gasteiger partial charge >= 0.3 is 0 Å². The Balaban J connectivity index is 2.71. The lowest BCUT2D eigenvalue weighted by Gasteiger charge is -2.12. The fraction of sp³-hybridized carbons (Fsp3) is 0.231. The van der Waals surface area contributed by atoms with Crippen molar-refractivity contribution in [1.29, 1.82) is 0 Å². The van der Waals surface area contributed by atoms with Gasteiger partial charge in [-0.2, -0.15) is 0 Å². The number of benzene rings is 2. The maximum Gasteiger partial charge on any atom is 0.0484 e. The van der Waals surface area contributed by atoms with E-state index in [0.29, 0.717) is 12.5 Å². The van der Waals surface area contributed by atoms with E-state index < -0.39 is 0 Å². The van der Waals surface area contributed by atoms with Crippen molar-refractivity contribution < 1.29 is 0 Å². The first-order chi connectivity index (χ1) is 7.24. The van der Waals surface area contributed by atoms with Crippen molar-refractivity contribution >= 4 is 22.4 Å². The summed E-state index contributed by atoms with van der Waals surface area (Å²) in [6.45, 7) is 2.79. The Bertz CT molecular complexity index is 479. The molecule has 0 spiro atoms. The largest absolute Gasteiger partial charge is 0.330 e. The lowest BCUT2D eigenvalue weighted by molar-refractivity contribution is 0.781. The third-order valence-corrected chi connectivity index (χ3v) is 3.12. The molecule has 0 aliphatic carbocycles. The third kappa shape index (κ3) is 1.85. The molecule has 1 unspecified atom stereocenters. The van der Waals surface area contributed by atoms with Crippen molar-refractivity contribution in [2.45, 2.75) is 12.8 Å². The lowest BCUT2D eigenvalue weighted by atomic mass is 9.95. The van der Waals surface area contributed by atoms with Gasteiger partial charge in [0.15, 0.2) is 0 Å². The fourth-order valence-electron chi connectivity index (χ4n) is 1.85. The summed E-state index contributed by atoms with van der Waals surface area (Å²) in [5.74, 6) is 0.368. The highest BCUT2D eigenvalue weighted by atomic mass is 35.5. The Hall–Kier alpha value is -1.05. The summed E-state index contributed by atoms with van der Waals surface area (Å²) in [5, 5.41) is 3.12. The molecular formula is C13H14ClN. The van der Waals surface area contributed by atoms with Gasteiger partial charge in [0, 0.05) is 10.4 Å². The zero-order valence-corrected chi connectivity index (χ0v) is 9.46. The molecule has 78 valence electrons. The molecule has 2 aromatic carbocycles. The van der Waals surface area contributed by atoms with Crippen molar-refractivity contribution in [1.82, 2.24) is 0 Å². The van der Waals surface area contributed by atoms with Gasteiger partial charge in [0.1, 0.15) is 0 Å². The zero-order valence-electron chi connectivity index (χ0n) is 8.70. The molecule has 0 saturated heterocycles. The fourth-order valence-corrected chi connectivity index (χ4v) is 2.09. The summed E-state index contributed by atoms with van der Waals surface area (Å²) in [6, 6.07) is 12.2. The van der Waals surface area contributed by atoms with Crippen LogP contribution in [0.25, 0.3) is 10.8 Å². The van der Waals surface area contributed by atoms with Crippen LogP contribution in [0.2, 0.25) is 5.02 Å². The Morgan fingerprint density at radius 2 is 1.80 bits per heavy atom. The van der Waals surface area contributed by atoms with Crippen molar-refractivity contribution in [3.63, 3.8) is 0 Å². The first-order valence-electron chi connectivity index (χ1n) is 5.11. The van der Waals surface area contributed by atoms with E-state index in [0.717, 1.165) is 10.4 Å². The highest BCUT2D eigenvalue weighted by molar-refractivity contribution is 6.35. The summed E-state index contributed by atoms with van der Waals surface area (Å²) in [5.41, 5.74) is 6.98. The molecule has 0 aromatic heterocycles. The molecule has 0 radical (unpaired) electrons. The molecule has 1 nitrogen and oxygen atoms in total.